The van der Waals surface area contributed by atoms with Crippen molar-refractivity contribution < 1.29 is 9.53 Å². The zero-order valence-corrected chi connectivity index (χ0v) is 14.5. The number of carbonyl (C=O) groups is 1. The van der Waals surface area contributed by atoms with Gasteiger partial charge < -0.3 is 4.74 Å². The molecule has 1 amide bonds. The van der Waals surface area contributed by atoms with Crippen LogP contribution in [0, 0.1) is 0 Å². The highest BCUT2D eigenvalue weighted by atomic mass is 16.6. The molecule has 128 valence electrons. The van der Waals surface area contributed by atoms with Crippen molar-refractivity contribution in [1.82, 2.24) is 4.90 Å². The van der Waals surface area contributed by atoms with Crippen molar-refractivity contribution in [3.05, 3.63) is 29.8 Å². The second kappa shape index (κ2) is 9.56. The highest BCUT2D eigenvalue weighted by Crippen LogP contribution is 2.14. The van der Waals surface area contributed by atoms with Crippen LogP contribution in [0.3, 0.4) is 0 Å². The third kappa shape index (κ3) is 6.61. The summed E-state index contributed by atoms with van der Waals surface area (Å²) in [5.41, 5.74) is 2.07. The Morgan fingerprint density at radius 2 is 2.09 bits per heavy atom. The van der Waals surface area contributed by atoms with E-state index in [-0.39, 0.29) is 12.2 Å². The van der Waals surface area contributed by atoms with Gasteiger partial charge in [0.05, 0.1) is 0 Å². The molecule has 1 N–H and O–H groups in total. The number of aryl methyl sites for hydroxylation is 1. The van der Waals surface area contributed by atoms with Crippen molar-refractivity contribution in [2.24, 2.45) is 0 Å². The first-order valence-corrected chi connectivity index (χ1v) is 8.96. The molecule has 1 aliphatic rings. The molecule has 1 saturated heterocycles. The lowest BCUT2D eigenvalue weighted by molar-refractivity contribution is 0.0833. The number of carbonyl (C=O) groups excluding carboxylic acids is 1. The van der Waals surface area contributed by atoms with E-state index in [0.717, 1.165) is 31.7 Å². The molecule has 4 heteroatoms. The van der Waals surface area contributed by atoms with Crippen LogP contribution >= 0.6 is 0 Å². The highest BCUT2D eigenvalue weighted by molar-refractivity contribution is 5.84. The fourth-order valence-electron chi connectivity index (χ4n) is 3.06. The van der Waals surface area contributed by atoms with E-state index in [4.69, 9.17) is 4.74 Å². The molecule has 0 saturated carbocycles. The number of amides is 1. The van der Waals surface area contributed by atoms with Crippen LogP contribution in [0.25, 0.3) is 0 Å². The van der Waals surface area contributed by atoms with Crippen LogP contribution in [0.4, 0.5) is 10.5 Å². The first-order valence-electron chi connectivity index (χ1n) is 8.96. The molecule has 1 atom stereocenters. The molecule has 4 nitrogen and oxygen atoms in total. The minimum atomic E-state index is -0.359. The fraction of sp³-hybridized carbons (Fsp3) is 0.632. The first kappa shape index (κ1) is 17.8. The molecule has 0 spiro atoms. The summed E-state index contributed by atoms with van der Waals surface area (Å²) in [7, 11) is 0. The number of hydrogen-bond acceptors (Lipinski definition) is 3. The Labute approximate surface area is 140 Å². The molecule has 23 heavy (non-hydrogen) atoms. The molecule has 0 unspecified atom stereocenters. The monoisotopic (exact) mass is 318 g/mol. The van der Waals surface area contributed by atoms with Gasteiger partial charge in [0.15, 0.2) is 0 Å². The zero-order chi connectivity index (χ0) is 16.5. The minimum absolute atomic E-state index is 0.0867. The predicted molar refractivity (Wildman–Crippen MR) is 94.9 cm³/mol. The number of piperidine rings is 1. The zero-order valence-electron chi connectivity index (χ0n) is 14.5. The van der Waals surface area contributed by atoms with Crippen LogP contribution in [0.2, 0.25) is 0 Å². The van der Waals surface area contributed by atoms with Crippen LogP contribution < -0.4 is 5.32 Å². The Morgan fingerprint density at radius 1 is 1.30 bits per heavy atom. The third-order valence-corrected chi connectivity index (χ3v) is 4.26. The average Bonchev–Trinajstić information content (AvgIpc) is 2.54. The molecule has 1 aliphatic heterocycles. The SMILES string of the molecule is CCCCc1cccc(NC(=O)O[C@@H](C)CN2CCCCC2)c1. The fourth-order valence-corrected chi connectivity index (χ4v) is 3.06. The molecule has 1 heterocycles. The van der Waals surface area contributed by atoms with Gasteiger partial charge in [0, 0.05) is 12.2 Å². The number of hydrogen-bond donors (Lipinski definition) is 1. The summed E-state index contributed by atoms with van der Waals surface area (Å²) < 4.78 is 5.49. The van der Waals surface area contributed by atoms with Gasteiger partial charge in [0.2, 0.25) is 0 Å². The Morgan fingerprint density at radius 3 is 2.83 bits per heavy atom. The largest absolute Gasteiger partial charge is 0.445 e. The van der Waals surface area contributed by atoms with Gasteiger partial charge in [0.25, 0.3) is 0 Å². The minimum Gasteiger partial charge on any atom is -0.445 e. The Hall–Kier alpha value is -1.55. The summed E-state index contributed by atoms with van der Waals surface area (Å²) >= 11 is 0. The van der Waals surface area contributed by atoms with Crippen LogP contribution in [0.1, 0.15) is 51.5 Å². The van der Waals surface area contributed by atoms with E-state index in [0.29, 0.717) is 0 Å². The van der Waals surface area contributed by atoms with E-state index in [1.807, 2.05) is 25.1 Å². The van der Waals surface area contributed by atoms with Crippen LogP contribution in [-0.4, -0.2) is 36.7 Å². The van der Waals surface area contributed by atoms with Gasteiger partial charge in [-0.05, 0) is 63.4 Å². The first-order chi connectivity index (χ1) is 11.2. The van der Waals surface area contributed by atoms with E-state index in [9.17, 15) is 4.79 Å². The Kier molecular flexibility index (Phi) is 7.40. The Bertz CT molecular complexity index is 484. The van der Waals surface area contributed by atoms with Crippen molar-refractivity contribution in [1.29, 1.82) is 0 Å². The number of nitrogens with zero attached hydrogens (tertiary/aromatic N) is 1. The standard InChI is InChI=1S/C19H30N2O2/c1-3-4-9-17-10-8-11-18(14-17)20-19(22)23-16(2)15-21-12-6-5-7-13-21/h8,10-11,14,16H,3-7,9,12-13,15H2,1-2H3,(H,20,22)/t16-/m0/s1. The van der Waals surface area contributed by atoms with E-state index < -0.39 is 0 Å². The molecule has 1 fully saturated rings. The normalized spacial score (nSPS) is 16.8. The number of unbranched alkanes of at least 4 members (excludes halogenated alkanes) is 1. The highest BCUT2D eigenvalue weighted by Gasteiger charge is 2.16. The van der Waals surface area contributed by atoms with Crippen LogP contribution in [0.15, 0.2) is 24.3 Å². The third-order valence-electron chi connectivity index (χ3n) is 4.26. The molecule has 0 bridgehead atoms. The van der Waals surface area contributed by atoms with Gasteiger partial charge in [0.1, 0.15) is 6.10 Å². The second-order valence-corrected chi connectivity index (χ2v) is 6.51. The molecule has 0 aliphatic carbocycles. The molecule has 1 aromatic carbocycles. The van der Waals surface area contributed by atoms with Crippen LogP contribution in [0.5, 0.6) is 0 Å². The number of rotatable bonds is 7. The number of ether oxygens (including phenoxy) is 1. The second-order valence-electron chi connectivity index (χ2n) is 6.51. The summed E-state index contributed by atoms with van der Waals surface area (Å²) in [6.45, 7) is 7.21. The van der Waals surface area contributed by atoms with Crippen molar-refractivity contribution in [2.75, 3.05) is 25.0 Å². The lowest BCUT2D eigenvalue weighted by Crippen LogP contribution is -2.37. The maximum atomic E-state index is 12.0. The number of likely N-dealkylation sites (tertiary alicyclic amines) is 1. The van der Waals surface area contributed by atoms with E-state index in [2.05, 4.69) is 23.2 Å². The maximum absolute atomic E-state index is 12.0. The van der Waals surface area contributed by atoms with Crippen molar-refractivity contribution in [2.45, 2.75) is 58.5 Å². The van der Waals surface area contributed by atoms with Crippen LogP contribution in [-0.2, 0) is 11.2 Å². The number of nitrogens with one attached hydrogen (secondary N) is 1. The smallest absolute Gasteiger partial charge is 0.411 e. The van der Waals surface area contributed by atoms with Gasteiger partial charge >= 0.3 is 6.09 Å². The summed E-state index contributed by atoms with van der Waals surface area (Å²) in [5, 5.41) is 2.85. The number of anilines is 1. The molecule has 0 radical (unpaired) electrons. The maximum Gasteiger partial charge on any atom is 0.411 e. The lowest BCUT2D eigenvalue weighted by atomic mass is 10.1. The summed E-state index contributed by atoms with van der Waals surface area (Å²) in [6, 6.07) is 8.03. The molecular weight excluding hydrogens is 288 g/mol. The Balaban J connectivity index is 1.77. The van der Waals surface area contributed by atoms with Crippen molar-refractivity contribution >= 4 is 11.8 Å². The molecule has 1 aromatic rings. The molecular formula is C19H30N2O2. The van der Waals surface area contributed by atoms with Gasteiger partial charge in [-0.1, -0.05) is 31.9 Å². The average molecular weight is 318 g/mol. The van der Waals surface area contributed by atoms with E-state index >= 15 is 0 Å². The molecule has 2 rings (SSSR count). The lowest BCUT2D eigenvalue weighted by Gasteiger charge is -2.28. The summed E-state index contributed by atoms with van der Waals surface area (Å²) in [5.74, 6) is 0. The number of benzene rings is 1. The summed E-state index contributed by atoms with van der Waals surface area (Å²) in [4.78, 5) is 14.4. The van der Waals surface area contributed by atoms with E-state index in [1.54, 1.807) is 0 Å². The molecule has 0 aromatic heterocycles. The quantitative estimate of drug-likeness (QED) is 0.807. The van der Waals surface area contributed by atoms with Crippen molar-refractivity contribution in [3.8, 4) is 0 Å². The van der Waals surface area contributed by atoms with Gasteiger partial charge in [-0.3, -0.25) is 10.2 Å². The predicted octanol–water partition coefficient (Wildman–Crippen LogP) is 4.45. The van der Waals surface area contributed by atoms with Gasteiger partial charge in [-0.15, -0.1) is 0 Å². The van der Waals surface area contributed by atoms with Gasteiger partial charge in [-0.2, -0.15) is 0 Å². The van der Waals surface area contributed by atoms with E-state index in [1.165, 1.54) is 37.7 Å². The topological polar surface area (TPSA) is 41.6 Å². The summed E-state index contributed by atoms with van der Waals surface area (Å²) in [6.07, 6.45) is 6.77. The van der Waals surface area contributed by atoms with Gasteiger partial charge in [-0.25, -0.2) is 4.79 Å². The van der Waals surface area contributed by atoms with Crippen molar-refractivity contribution in [3.63, 3.8) is 0 Å².